The zero-order chi connectivity index (χ0) is 14.0. The lowest BCUT2D eigenvalue weighted by atomic mass is 10.2. The molecule has 0 N–H and O–H groups in total. The van der Waals surface area contributed by atoms with Crippen LogP contribution < -0.4 is 5.56 Å². The van der Waals surface area contributed by atoms with Crippen LogP contribution in [0.25, 0.3) is 5.69 Å². The molecule has 0 saturated heterocycles. The molecular formula is C14H12FNO3. The van der Waals surface area contributed by atoms with Crippen molar-refractivity contribution < 1.29 is 13.9 Å². The standard InChI is InChI=1S/C14H12FNO3/c1-9-4-3-5-11(13(9)15)16-8-10(14(18)19-2)6-7-12(16)17/h3-8H,1-2H3. The summed E-state index contributed by atoms with van der Waals surface area (Å²) in [7, 11) is 1.24. The number of aromatic nitrogens is 1. The van der Waals surface area contributed by atoms with Crippen LogP contribution in [0.4, 0.5) is 4.39 Å². The zero-order valence-corrected chi connectivity index (χ0v) is 10.5. The van der Waals surface area contributed by atoms with E-state index in [1.807, 2.05) is 0 Å². The van der Waals surface area contributed by atoms with Gasteiger partial charge < -0.3 is 4.74 Å². The Kier molecular flexibility index (Phi) is 3.46. The van der Waals surface area contributed by atoms with Crippen LogP contribution in [0.1, 0.15) is 15.9 Å². The Balaban J connectivity index is 2.65. The fourth-order valence-electron chi connectivity index (χ4n) is 1.73. The summed E-state index contributed by atoms with van der Waals surface area (Å²) in [4.78, 5) is 23.2. The van der Waals surface area contributed by atoms with Crippen molar-refractivity contribution in [2.75, 3.05) is 7.11 Å². The van der Waals surface area contributed by atoms with Crippen LogP contribution in [0.5, 0.6) is 0 Å². The lowest BCUT2D eigenvalue weighted by Gasteiger charge is -2.09. The lowest BCUT2D eigenvalue weighted by Crippen LogP contribution is -2.20. The molecule has 0 spiro atoms. The third kappa shape index (κ3) is 2.40. The first kappa shape index (κ1) is 13.0. The number of hydrogen-bond donors (Lipinski definition) is 0. The van der Waals surface area contributed by atoms with E-state index >= 15 is 0 Å². The minimum atomic E-state index is -0.582. The molecule has 0 saturated carbocycles. The van der Waals surface area contributed by atoms with Gasteiger partial charge >= 0.3 is 5.97 Å². The number of carbonyl (C=O) groups is 1. The number of rotatable bonds is 2. The molecule has 1 aromatic heterocycles. The Labute approximate surface area is 109 Å². The molecule has 19 heavy (non-hydrogen) atoms. The maximum atomic E-state index is 14.0. The van der Waals surface area contributed by atoms with E-state index in [9.17, 15) is 14.0 Å². The SMILES string of the molecule is COC(=O)c1ccc(=O)n(-c2cccc(C)c2F)c1. The van der Waals surface area contributed by atoms with Crippen LogP contribution in [-0.4, -0.2) is 17.6 Å². The van der Waals surface area contributed by atoms with Crippen LogP contribution in [-0.2, 0) is 4.74 Å². The van der Waals surface area contributed by atoms with Gasteiger partial charge in [0.05, 0.1) is 18.4 Å². The molecule has 98 valence electrons. The van der Waals surface area contributed by atoms with Crippen molar-refractivity contribution >= 4 is 5.97 Å². The van der Waals surface area contributed by atoms with E-state index in [-0.39, 0.29) is 11.3 Å². The van der Waals surface area contributed by atoms with Crippen molar-refractivity contribution in [3.05, 3.63) is 63.8 Å². The van der Waals surface area contributed by atoms with E-state index in [0.717, 1.165) is 4.57 Å². The molecule has 0 aliphatic carbocycles. The summed E-state index contributed by atoms with van der Waals surface area (Å²) in [6.45, 7) is 1.61. The minimum absolute atomic E-state index is 0.107. The number of ether oxygens (including phenoxy) is 1. The van der Waals surface area contributed by atoms with Gasteiger partial charge in [0.25, 0.3) is 5.56 Å². The Morgan fingerprint density at radius 2 is 2.00 bits per heavy atom. The molecule has 0 aliphatic rings. The zero-order valence-electron chi connectivity index (χ0n) is 10.5. The Morgan fingerprint density at radius 1 is 1.26 bits per heavy atom. The summed E-state index contributed by atoms with van der Waals surface area (Å²) in [5.41, 5.74) is 0.295. The molecule has 2 aromatic rings. The molecule has 2 rings (SSSR count). The first-order valence-electron chi connectivity index (χ1n) is 5.61. The van der Waals surface area contributed by atoms with Crippen LogP contribution >= 0.6 is 0 Å². The predicted octanol–water partition coefficient (Wildman–Crippen LogP) is 2.07. The molecule has 0 bridgehead atoms. The van der Waals surface area contributed by atoms with Crippen molar-refractivity contribution in [1.29, 1.82) is 0 Å². The first-order chi connectivity index (χ1) is 9.04. The van der Waals surface area contributed by atoms with E-state index in [2.05, 4.69) is 4.74 Å². The molecule has 0 fully saturated rings. The van der Waals surface area contributed by atoms with Crippen molar-refractivity contribution in [3.8, 4) is 5.69 Å². The number of aryl methyl sites for hydroxylation is 1. The second-order valence-electron chi connectivity index (χ2n) is 4.03. The van der Waals surface area contributed by atoms with Crippen molar-refractivity contribution in [2.45, 2.75) is 6.92 Å². The van der Waals surface area contributed by atoms with Crippen LogP contribution in [0.2, 0.25) is 0 Å². The highest BCUT2D eigenvalue weighted by Crippen LogP contribution is 2.15. The van der Waals surface area contributed by atoms with Crippen LogP contribution in [0.3, 0.4) is 0 Å². The second-order valence-corrected chi connectivity index (χ2v) is 4.03. The number of hydrogen-bond acceptors (Lipinski definition) is 3. The third-order valence-corrected chi connectivity index (χ3v) is 2.76. The van der Waals surface area contributed by atoms with E-state index in [1.54, 1.807) is 19.1 Å². The van der Waals surface area contributed by atoms with E-state index in [0.29, 0.717) is 5.56 Å². The van der Waals surface area contributed by atoms with Gasteiger partial charge in [0.2, 0.25) is 0 Å². The molecule has 0 radical (unpaired) electrons. The maximum Gasteiger partial charge on any atom is 0.339 e. The van der Waals surface area contributed by atoms with Crippen molar-refractivity contribution in [3.63, 3.8) is 0 Å². The van der Waals surface area contributed by atoms with E-state index in [1.165, 1.54) is 31.5 Å². The van der Waals surface area contributed by atoms with Gasteiger partial charge in [-0.3, -0.25) is 9.36 Å². The van der Waals surface area contributed by atoms with Gasteiger partial charge in [0, 0.05) is 12.3 Å². The van der Waals surface area contributed by atoms with Crippen molar-refractivity contribution in [1.82, 2.24) is 4.57 Å². The number of esters is 1. The molecular weight excluding hydrogens is 249 g/mol. The number of methoxy groups -OCH3 is 1. The minimum Gasteiger partial charge on any atom is -0.465 e. The normalized spacial score (nSPS) is 10.3. The average Bonchev–Trinajstić information content (AvgIpc) is 2.42. The second kappa shape index (κ2) is 5.06. The van der Waals surface area contributed by atoms with Gasteiger partial charge in [-0.15, -0.1) is 0 Å². The first-order valence-corrected chi connectivity index (χ1v) is 5.61. The Morgan fingerprint density at radius 3 is 2.68 bits per heavy atom. The quantitative estimate of drug-likeness (QED) is 0.777. The summed E-state index contributed by atoms with van der Waals surface area (Å²) in [6.07, 6.45) is 1.27. The predicted molar refractivity (Wildman–Crippen MR) is 68.1 cm³/mol. The van der Waals surface area contributed by atoms with Gasteiger partial charge in [0.1, 0.15) is 5.82 Å². The van der Waals surface area contributed by atoms with Crippen LogP contribution in [0.15, 0.2) is 41.3 Å². The highest BCUT2D eigenvalue weighted by atomic mass is 19.1. The van der Waals surface area contributed by atoms with E-state index < -0.39 is 17.3 Å². The fourth-order valence-corrected chi connectivity index (χ4v) is 1.73. The van der Waals surface area contributed by atoms with Gasteiger partial charge in [0.15, 0.2) is 0 Å². The third-order valence-electron chi connectivity index (χ3n) is 2.76. The van der Waals surface area contributed by atoms with Crippen molar-refractivity contribution in [2.24, 2.45) is 0 Å². The molecule has 0 aliphatic heterocycles. The summed E-state index contributed by atoms with van der Waals surface area (Å²) in [5.74, 6) is -1.08. The fraction of sp³-hybridized carbons (Fsp3) is 0.143. The average molecular weight is 261 g/mol. The topological polar surface area (TPSA) is 48.3 Å². The van der Waals surface area contributed by atoms with Gasteiger partial charge in [-0.05, 0) is 24.6 Å². The summed E-state index contributed by atoms with van der Waals surface area (Å²) < 4.78 is 19.7. The van der Waals surface area contributed by atoms with Crippen LogP contribution in [0, 0.1) is 12.7 Å². The largest absolute Gasteiger partial charge is 0.465 e. The molecule has 5 heteroatoms. The van der Waals surface area contributed by atoms with E-state index in [4.69, 9.17) is 0 Å². The molecule has 0 amide bonds. The Bertz CT molecular complexity index is 691. The molecule has 1 aromatic carbocycles. The smallest absolute Gasteiger partial charge is 0.339 e. The number of pyridine rings is 1. The number of carbonyl (C=O) groups excluding carboxylic acids is 1. The lowest BCUT2D eigenvalue weighted by molar-refractivity contribution is 0.0600. The highest BCUT2D eigenvalue weighted by molar-refractivity contribution is 5.88. The highest BCUT2D eigenvalue weighted by Gasteiger charge is 2.12. The maximum absolute atomic E-state index is 14.0. The Hall–Kier alpha value is -2.43. The summed E-state index contributed by atoms with van der Waals surface area (Å²) >= 11 is 0. The summed E-state index contributed by atoms with van der Waals surface area (Å²) in [5, 5.41) is 0. The molecule has 0 atom stereocenters. The van der Waals surface area contributed by atoms with Gasteiger partial charge in [-0.25, -0.2) is 9.18 Å². The number of halogens is 1. The molecule has 1 heterocycles. The molecule has 0 unspecified atom stereocenters. The molecule has 4 nitrogen and oxygen atoms in total. The summed E-state index contributed by atoms with van der Waals surface area (Å²) in [6, 6.07) is 7.27. The monoisotopic (exact) mass is 261 g/mol. The number of benzene rings is 1. The number of nitrogens with zero attached hydrogens (tertiary/aromatic N) is 1. The van der Waals surface area contributed by atoms with Gasteiger partial charge in [-0.2, -0.15) is 0 Å². The van der Waals surface area contributed by atoms with Gasteiger partial charge in [-0.1, -0.05) is 12.1 Å².